The summed E-state index contributed by atoms with van der Waals surface area (Å²) in [4.78, 5) is 94.7. The molecule has 0 atom stereocenters. The van der Waals surface area contributed by atoms with Crippen LogP contribution in [-0.2, 0) is 161 Å². The van der Waals surface area contributed by atoms with Gasteiger partial charge in [0.2, 0.25) is 0 Å². The van der Waals surface area contributed by atoms with E-state index in [1.54, 1.807) is 56.0 Å². The molecule has 0 aromatic heterocycles. The molecule has 4 saturated heterocycles. The Morgan fingerprint density at radius 3 is 0.797 bits per heavy atom. The molecule has 0 spiro atoms. The monoisotopic (exact) mass is 2080 g/mol. The SMILES string of the molecule is O=C=O.O=C=O.O=C=O.O=C=O.[2H]C([2H])(O/N=C(\C)c1ccc(C([2H])([2H])N2CCC2)c(CC)c1)c1ccc(C2CCCCC2)c(C(F)(F)F)c1.[2H]C1(c2ccc(C([2H])([2H])O/N=C(\C)c3ccc(CN4CCC4)c(CC)c3)cc2C(F)(F)F)CCCCC1.[2H]C1(c2ccc(CO/N=C(\C)c3ccc(C([2H])([2H])N4CCC4)c(CC)c3)cc2C(F)(F)F)CCCCC1.[2H]C1(c2ccc(CO/N=C(\C)c3ccc(CN4CCC4)c(CC)c3)cc2C(F)(F)F)CCCCC1. The Hall–Kier alpha value is -11.8. The quantitative estimate of drug-likeness (QED) is 0.0216. The molecule has 4 saturated carbocycles. The number of rotatable bonds is 32. The summed E-state index contributed by atoms with van der Waals surface area (Å²) in [5.74, 6) is -3.87. The summed E-state index contributed by atoms with van der Waals surface area (Å²) >= 11 is 0. The normalized spacial score (nSPS) is 19.0. The molecule has 16 rings (SSSR count). The zero-order chi connectivity index (χ0) is 117. The highest BCUT2D eigenvalue weighted by Gasteiger charge is 2.41. The second-order valence-corrected chi connectivity index (χ2v) is 37.4. The maximum atomic E-state index is 14.0. The first-order chi connectivity index (χ1) is 75.1. The summed E-state index contributed by atoms with van der Waals surface area (Å²) in [6.07, 6.45) is 4.24. The number of alkyl halides is 12. The van der Waals surface area contributed by atoms with E-state index in [0.717, 1.165) is 194 Å². The minimum Gasteiger partial charge on any atom is -0.391 e. The Morgan fingerprint density at radius 2 is 0.534 bits per heavy atom. The molecule has 8 fully saturated rings. The average molecular weight is 2080 g/mol. The van der Waals surface area contributed by atoms with E-state index in [1.807, 2.05) is 62.1 Å². The second kappa shape index (κ2) is 60.7. The first-order valence-corrected chi connectivity index (χ1v) is 50.7. The Kier molecular flexibility index (Phi) is 42.4. The van der Waals surface area contributed by atoms with Crippen LogP contribution in [0.25, 0.3) is 0 Å². The molecule has 0 unspecified atom stereocenters. The molecular weight excluding hydrogens is 1930 g/mol. The van der Waals surface area contributed by atoms with E-state index in [4.69, 9.17) is 72.8 Å². The molecule has 20 nitrogen and oxygen atoms in total. The number of carbonyl (C=O) groups excluding carboxylic acids is 8. The van der Waals surface area contributed by atoms with Gasteiger partial charge in [-0.25, -0.2) is 0 Å². The fourth-order valence-corrected chi connectivity index (χ4v) is 18.8. The molecule has 4 aliphatic heterocycles. The highest BCUT2D eigenvalue weighted by atomic mass is 19.4. The number of hydrogen-bond acceptors (Lipinski definition) is 20. The van der Waals surface area contributed by atoms with Crippen LogP contribution in [0.15, 0.2) is 166 Å². The van der Waals surface area contributed by atoms with Crippen molar-refractivity contribution < 1.29 is 125 Å². The van der Waals surface area contributed by atoms with Gasteiger partial charge in [-0.1, -0.05) is 222 Å². The highest BCUT2D eigenvalue weighted by Crippen LogP contribution is 2.47. The van der Waals surface area contributed by atoms with E-state index >= 15 is 0 Å². The van der Waals surface area contributed by atoms with Crippen molar-refractivity contribution in [1.82, 2.24) is 19.6 Å². The predicted octanol–water partition coefficient (Wildman–Crippen LogP) is 27.5. The standard InChI is InChI=1S/4C28H35F3N2O.4CO2/c4*1-3-22-17-24(11-12-25(22)18-33-14-7-15-33)20(2)32-34-19-21-10-13-26(23-8-5-4-6-9-23)27(16-21)28(29,30)31;4*2-1-3/h4*10-13,16-17,23H,3-9,14-15,18-19H2,1-2H3;;;;/b4*32-20+;;;;/i19D2,23D;18D2,23D;18D2,19D2;23D;;;;. The van der Waals surface area contributed by atoms with Crippen molar-refractivity contribution in [2.75, 3.05) is 52.4 Å². The molecule has 800 valence electrons. The van der Waals surface area contributed by atoms with Crippen LogP contribution in [0.4, 0.5) is 52.7 Å². The molecule has 148 heavy (non-hydrogen) atoms. The molecule has 8 aliphatic rings. The van der Waals surface area contributed by atoms with Crippen LogP contribution in [0.1, 0.15) is 382 Å². The molecule has 0 N–H and O–H groups in total. The molecule has 8 aromatic carbocycles. The largest absolute Gasteiger partial charge is 0.416 e. The van der Waals surface area contributed by atoms with Crippen molar-refractivity contribution in [1.29, 1.82) is 0 Å². The van der Waals surface area contributed by atoms with Gasteiger partial charge in [-0.15, -0.1) is 0 Å². The summed E-state index contributed by atoms with van der Waals surface area (Å²) < 4.78 is 261. The van der Waals surface area contributed by atoms with E-state index in [9.17, 15) is 52.7 Å². The first kappa shape index (κ1) is 103. The Bertz CT molecular complexity index is 6360. The Labute approximate surface area is 876 Å². The van der Waals surface area contributed by atoms with Gasteiger partial charge in [0.1, 0.15) is 26.3 Å². The topological polar surface area (TPSA) is 236 Å². The van der Waals surface area contributed by atoms with E-state index in [0.29, 0.717) is 141 Å². The minimum absolute atomic E-state index is 0.0495. The number of likely N-dealkylation sites (tertiary alicyclic amines) is 4. The number of hydrogen-bond donors (Lipinski definition) is 0. The molecular formula is C116H140F12N8O12. The lowest BCUT2D eigenvalue weighted by Crippen LogP contribution is -2.36. The van der Waals surface area contributed by atoms with Crippen LogP contribution in [0.3, 0.4) is 0 Å². The van der Waals surface area contributed by atoms with Crippen LogP contribution in [0.2, 0.25) is 0 Å². The van der Waals surface area contributed by atoms with Crippen LogP contribution in [-0.4, -0.2) is 119 Å². The zero-order valence-electron chi connectivity index (χ0n) is 96.2. The van der Waals surface area contributed by atoms with Gasteiger partial charge in [0.25, 0.3) is 0 Å². The van der Waals surface area contributed by atoms with Gasteiger partial charge < -0.3 is 19.4 Å². The second-order valence-electron chi connectivity index (χ2n) is 37.4. The smallest absolute Gasteiger partial charge is 0.391 e. The fourth-order valence-electron chi connectivity index (χ4n) is 18.8. The lowest BCUT2D eigenvalue weighted by atomic mass is 9.81. The number of aryl methyl sites for hydroxylation is 4. The average Bonchev–Trinajstić information content (AvgIpc) is 0.783. The van der Waals surface area contributed by atoms with Crippen LogP contribution >= 0.6 is 0 Å². The van der Waals surface area contributed by atoms with Crippen LogP contribution in [0, 0.1) is 0 Å². The van der Waals surface area contributed by atoms with Crippen molar-refractivity contribution in [2.45, 2.75) is 336 Å². The zero-order valence-corrected chi connectivity index (χ0v) is 85.2. The third-order valence-electron chi connectivity index (χ3n) is 27.4. The maximum absolute atomic E-state index is 14.0. The maximum Gasteiger partial charge on any atom is 0.416 e. The lowest BCUT2D eigenvalue weighted by Gasteiger charge is -2.31. The van der Waals surface area contributed by atoms with Crippen molar-refractivity contribution in [3.63, 3.8) is 0 Å². The third-order valence-corrected chi connectivity index (χ3v) is 27.4. The molecule has 8 aromatic rings. The summed E-state index contributed by atoms with van der Waals surface area (Å²) in [5.41, 5.74) is 10.4. The van der Waals surface area contributed by atoms with Gasteiger partial charge in [-0.2, -0.15) is 91.0 Å². The Morgan fingerprint density at radius 1 is 0.297 bits per heavy atom. The summed E-state index contributed by atoms with van der Waals surface area (Å²) in [5, 5.41) is 16.2. The Balaban J connectivity index is 0.000000226. The van der Waals surface area contributed by atoms with Crippen molar-refractivity contribution in [3.8, 4) is 0 Å². The van der Waals surface area contributed by atoms with Gasteiger partial charge in [0.15, 0.2) is 0 Å². The van der Waals surface area contributed by atoms with Gasteiger partial charge in [0.05, 0.1) is 50.6 Å². The molecule has 4 heterocycles. The van der Waals surface area contributed by atoms with Gasteiger partial charge in [-0.3, -0.25) is 19.6 Å². The fraction of sp³-hybridized carbons (Fsp3) is 0.517. The van der Waals surface area contributed by atoms with E-state index < -0.39 is 90.8 Å². The lowest BCUT2D eigenvalue weighted by molar-refractivity contribution is -0.193. The van der Waals surface area contributed by atoms with Crippen molar-refractivity contribution in [2.24, 2.45) is 20.6 Å². The molecule has 4 aliphatic carbocycles. The van der Waals surface area contributed by atoms with Gasteiger partial charge >= 0.3 is 49.3 Å². The van der Waals surface area contributed by atoms with Crippen LogP contribution in [0.5, 0.6) is 0 Å². The first-order valence-electron chi connectivity index (χ1n) is 56.2. The third kappa shape index (κ3) is 37.4. The number of halogens is 12. The number of oxime groups is 4. The predicted molar refractivity (Wildman–Crippen MR) is 540 cm³/mol. The summed E-state index contributed by atoms with van der Waals surface area (Å²) in [6.45, 7) is 15.9. The van der Waals surface area contributed by atoms with Crippen molar-refractivity contribution in [3.05, 3.63) is 279 Å². The van der Waals surface area contributed by atoms with E-state index in [2.05, 4.69) is 62.5 Å². The number of benzene rings is 8. The molecule has 0 amide bonds. The van der Waals surface area contributed by atoms with E-state index in [1.165, 1.54) is 71.5 Å². The van der Waals surface area contributed by atoms with E-state index in [-0.39, 0.29) is 77.1 Å². The van der Waals surface area contributed by atoms with Crippen LogP contribution < -0.4 is 0 Å². The number of nitrogens with zero attached hydrogens (tertiary/aromatic N) is 8. The minimum atomic E-state index is -4.71. The molecule has 0 bridgehead atoms. The molecule has 0 radical (unpaired) electrons. The summed E-state index contributed by atoms with van der Waals surface area (Å²) in [6, 6.07) is 38.4. The summed E-state index contributed by atoms with van der Waals surface area (Å²) in [7, 11) is 0. The molecule has 32 heteroatoms. The van der Waals surface area contributed by atoms with Crippen molar-refractivity contribution >= 4 is 47.5 Å². The van der Waals surface area contributed by atoms with Gasteiger partial charge in [-0.05, 0) is 366 Å². The highest BCUT2D eigenvalue weighted by molar-refractivity contribution is 6.00. The van der Waals surface area contributed by atoms with Gasteiger partial charge in [0, 0.05) is 35.7 Å².